The summed E-state index contributed by atoms with van der Waals surface area (Å²) in [6, 6.07) is 12.8. The number of carbonyl (C=O) groups is 1. The quantitative estimate of drug-likeness (QED) is 0.574. The smallest absolute Gasteiger partial charge is 0.254 e. The first kappa shape index (κ1) is 22.3. The monoisotopic (exact) mass is 457 g/mol. The first-order valence-corrected chi connectivity index (χ1v) is 11.9. The number of hydrogen-bond donors (Lipinski definition) is 1. The number of amides is 1. The summed E-state index contributed by atoms with van der Waals surface area (Å²) < 4.78 is 15.7. The van der Waals surface area contributed by atoms with E-state index in [9.17, 15) is 4.79 Å². The summed E-state index contributed by atoms with van der Waals surface area (Å²) in [4.78, 5) is 18.5. The number of benzene rings is 2. The van der Waals surface area contributed by atoms with Crippen molar-refractivity contribution in [1.82, 2.24) is 20.1 Å². The van der Waals surface area contributed by atoms with Crippen LogP contribution in [0, 0.1) is 25.2 Å². The lowest BCUT2D eigenvalue weighted by Crippen LogP contribution is -2.43. The topological polar surface area (TPSA) is 85.7 Å². The number of alkyl halides is 1. The van der Waals surface area contributed by atoms with E-state index in [1.165, 1.54) is 12.0 Å². The number of halogens is 1. The number of hydrogen-bond acceptors (Lipinski definition) is 4. The molecule has 2 fully saturated rings. The maximum Gasteiger partial charge on any atom is 0.254 e. The van der Waals surface area contributed by atoms with Crippen LogP contribution in [-0.4, -0.2) is 39.1 Å². The number of aromatic nitrogens is 3. The highest BCUT2D eigenvalue weighted by Gasteiger charge is 2.38. The summed E-state index contributed by atoms with van der Waals surface area (Å²) in [5.74, 6) is 1.84. The fourth-order valence-electron chi connectivity index (χ4n) is 5.06. The number of nitriles is 1. The van der Waals surface area contributed by atoms with Crippen LogP contribution < -0.4 is 0 Å². The van der Waals surface area contributed by atoms with Crippen LogP contribution in [0.3, 0.4) is 0 Å². The summed E-state index contributed by atoms with van der Waals surface area (Å²) >= 11 is 0. The molecule has 1 saturated carbocycles. The number of piperidine rings is 1. The van der Waals surface area contributed by atoms with E-state index >= 15 is 4.39 Å². The number of carbonyl (C=O) groups excluding carboxylic acids is 1. The molecule has 0 bridgehead atoms. The standard InChI is InChI=1S/C27H28FN5O/c1-17-14-23(20-4-3-5-20)24(25-30-18(2)31-32-25)15-22(17)26(34)33-12-10-27(28,11-13-33)21-8-6-19(16-29)7-9-21/h6-9,14-15,20H,3-5,10-13H2,1-2H3,(H,30,31,32). The predicted octanol–water partition coefficient (Wildman–Crippen LogP) is 5.33. The second-order valence-electron chi connectivity index (χ2n) is 9.59. The van der Waals surface area contributed by atoms with Crippen LogP contribution >= 0.6 is 0 Å². The van der Waals surface area contributed by atoms with Gasteiger partial charge in [-0.05, 0) is 67.5 Å². The summed E-state index contributed by atoms with van der Waals surface area (Å²) in [5.41, 5.74) is 3.33. The SMILES string of the molecule is Cc1nnc(-c2cc(C(=O)N3CCC(F)(c4ccc(C#N)cc4)CC3)c(C)cc2C2CCC2)[nH]1. The molecule has 34 heavy (non-hydrogen) atoms. The van der Waals surface area contributed by atoms with Crippen molar-refractivity contribution in [1.29, 1.82) is 5.26 Å². The Hall–Kier alpha value is -3.53. The van der Waals surface area contributed by atoms with Crippen molar-refractivity contribution < 1.29 is 9.18 Å². The number of H-pyrrole nitrogens is 1. The van der Waals surface area contributed by atoms with Crippen molar-refractivity contribution in [2.75, 3.05) is 13.1 Å². The summed E-state index contributed by atoms with van der Waals surface area (Å²) in [5, 5.41) is 17.4. The molecule has 1 aliphatic heterocycles. The van der Waals surface area contributed by atoms with E-state index in [0.717, 1.165) is 29.8 Å². The molecule has 0 atom stereocenters. The molecule has 2 aliphatic rings. The maximum absolute atomic E-state index is 15.7. The Morgan fingerprint density at radius 2 is 1.85 bits per heavy atom. The molecule has 2 aromatic carbocycles. The molecule has 1 aliphatic carbocycles. The van der Waals surface area contributed by atoms with Crippen LogP contribution in [0.4, 0.5) is 4.39 Å². The van der Waals surface area contributed by atoms with E-state index in [4.69, 9.17) is 5.26 Å². The minimum atomic E-state index is -1.49. The Bertz CT molecular complexity index is 1260. The van der Waals surface area contributed by atoms with Crippen LogP contribution in [0.2, 0.25) is 0 Å². The normalized spacial score (nSPS) is 17.8. The Morgan fingerprint density at radius 1 is 1.15 bits per heavy atom. The van der Waals surface area contributed by atoms with Crippen LogP contribution in [0.5, 0.6) is 0 Å². The number of nitrogens with one attached hydrogen (secondary N) is 1. The highest BCUT2D eigenvalue weighted by molar-refractivity contribution is 5.97. The molecule has 1 aromatic heterocycles. The average molecular weight is 458 g/mol. The predicted molar refractivity (Wildman–Crippen MR) is 127 cm³/mol. The van der Waals surface area contributed by atoms with Crippen molar-refractivity contribution in [3.63, 3.8) is 0 Å². The van der Waals surface area contributed by atoms with E-state index in [1.807, 2.05) is 19.9 Å². The van der Waals surface area contributed by atoms with Gasteiger partial charge in [-0.25, -0.2) is 4.39 Å². The Morgan fingerprint density at radius 3 is 2.41 bits per heavy atom. The minimum Gasteiger partial charge on any atom is -0.338 e. The second-order valence-corrected chi connectivity index (χ2v) is 9.59. The van der Waals surface area contributed by atoms with Gasteiger partial charge in [0.25, 0.3) is 5.91 Å². The number of nitrogens with zero attached hydrogens (tertiary/aromatic N) is 4. The molecule has 174 valence electrons. The van der Waals surface area contributed by atoms with Gasteiger partial charge in [0, 0.05) is 37.1 Å². The lowest BCUT2D eigenvalue weighted by Gasteiger charge is -2.37. The Labute approximate surface area is 198 Å². The fourth-order valence-corrected chi connectivity index (χ4v) is 5.06. The first-order valence-electron chi connectivity index (χ1n) is 11.9. The molecule has 6 nitrogen and oxygen atoms in total. The van der Waals surface area contributed by atoms with Crippen LogP contribution in [0.15, 0.2) is 36.4 Å². The van der Waals surface area contributed by atoms with Gasteiger partial charge in [0.1, 0.15) is 11.5 Å². The van der Waals surface area contributed by atoms with E-state index < -0.39 is 5.67 Å². The van der Waals surface area contributed by atoms with Gasteiger partial charge in [0.2, 0.25) is 0 Å². The zero-order valence-electron chi connectivity index (χ0n) is 19.6. The lowest BCUT2D eigenvalue weighted by atomic mass is 9.77. The molecule has 0 unspecified atom stereocenters. The highest BCUT2D eigenvalue weighted by Crippen LogP contribution is 2.42. The molecule has 0 radical (unpaired) electrons. The zero-order chi connectivity index (χ0) is 23.9. The minimum absolute atomic E-state index is 0.0722. The van der Waals surface area contributed by atoms with Gasteiger partial charge in [-0.15, -0.1) is 10.2 Å². The Kier molecular flexibility index (Phi) is 5.68. The molecule has 1 amide bonds. The number of aryl methyl sites for hydroxylation is 2. The average Bonchev–Trinajstić information content (AvgIpc) is 3.24. The van der Waals surface area contributed by atoms with Gasteiger partial charge in [0.15, 0.2) is 5.82 Å². The van der Waals surface area contributed by atoms with Gasteiger partial charge in [-0.3, -0.25) is 4.79 Å². The van der Waals surface area contributed by atoms with Crippen LogP contribution in [0.25, 0.3) is 11.4 Å². The highest BCUT2D eigenvalue weighted by atomic mass is 19.1. The van der Waals surface area contributed by atoms with Crippen molar-refractivity contribution in [3.8, 4) is 17.5 Å². The van der Waals surface area contributed by atoms with Crippen molar-refractivity contribution >= 4 is 5.91 Å². The fraction of sp³-hybridized carbons (Fsp3) is 0.407. The molecule has 3 aromatic rings. The number of aromatic amines is 1. The molecule has 1 saturated heterocycles. The van der Waals surface area contributed by atoms with Crippen LogP contribution in [-0.2, 0) is 5.67 Å². The largest absolute Gasteiger partial charge is 0.338 e. The zero-order valence-corrected chi connectivity index (χ0v) is 19.6. The summed E-state index contributed by atoms with van der Waals surface area (Å²) in [6.45, 7) is 4.53. The molecular formula is C27H28FN5O. The van der Waals surface area contributed by atoms with Crippen molar-refractivity contribution in [2.24, 2.45) is 0 Å². The van der Waals surface area contributed by atoms with Gasteiger partial charge in [-0.1, -0.05) is 24.6 Å². The van der Waals surface area contributed by atoms with Crippen molar-refractivity contribution in [2.45, 2.75) is 57.5 Å². The number of likely N-dealkylation sites (tertiary alicyclic amines) is 1. The third-order valence-electron chi connectivity index (χ3n) is 7.40. The first-order chi connectivity index (χ1) is 16.4. The second kappa shape index (κ2) is 8.68. The van der Waals surface area contributed by atoms with Gasteiger partial charge >= 0.3 is 0 Å². The molecule has 5 rings (SSSR count). The maximum atomic E-state index is 15.7. The summed E-state index contributed by atoms with van der Waals surface area (Å²) in [7, 11) is 0. The lowest BCUT2D eigenvalue weighted by molar-refractivity contribution is 0.0421. The van der Waals surface area contributed by atoms with Crippen LogP contribution in [0.1, 0.15) is 76.5 Å². The van der Waals surface area contributed by atoms with Gasteiger partial charge in [-0.2, -0.15) is 5.26 Å². The molecular weight excluding hydrogens is 429 g/mol. The van der Waals surface area contributed by atoms with E-state index in [2.05, 4.69) is 27.3 Å². The van der Waals surface area contributed by atoms with Gasteiger partial charge < -0.3 is 9.88 Å². The molecule has 7 heteroatoms. The molecule has 1 N–H and O–H groups in total. The third-order valence-corrected chi connectivity index (χ3v) is 7.40. The summed E-state index contributed by atoms with van der Waals surface area (Å²) in [6.07, 6.45) is 3.98. The molecule has 2 heterocycles. The van der Waals surface area contributed by atoms with Crippen molar-refractivity contribution in [3.05, 3.63) is 70.0 Å². The third kappa shape index (κ3) is 3.98. The van der Waals surface area contributed by atoms with E-state index in [0.29, 0.717) is 41.5 Å². The molecule has 0 spiro atoms. The number of rotatable bonds is 4. The van der Waals surface area contributed by atoms with E-state index in [-0.39, 0.29) is 18.7 Å². The Balaban J connectivity index is 1.39. The van der Waals surface area contributed by atoms with Gasteiger partial charge in [0.05, 0.1) is 11.6 Å². The van der Waals surface area contributed by atoms with E-state index in [1.54, 1.807) is 29.2 Å².